The van der Waals surface area contributed by atoms with Gasteiger partial charge in [0.2, 0.25) is 0 Å². The van der Waals surface area contributed by atoms with E-state index in [-0.39, 0.29) is 5.41 Å². The van der Waals surface area contributed by atoms with Gasteiger partial charge >= 0.3 is 0 Å². The zero-order chi connectivity index (χ0) is 12.5. The van der Waals surface area contributed by atoms with Crippen molar-refractivity contribution in [3.05, 3.63) is 36.6 Å². The monoisotopic (exact) mass is 233 g/mol. The number of oxazole rings is 1. The first-order valence-electron chi connectivity index (χ1n) is 5.87. The van der Waals surface area contributed by atoms with E-state index in [9.17, 15) is 0 Å². The first kappa shape index (κ1) is 11.9. The molecule has 0 saturated carbocycles. The highest BCUT2D eigenvalue weighted by Crippen LogP contribution is 2.21. The first-order chi connectivity index (χ1) is 7.97. The molecule has 0 fully saturated rings. The van der Waals surface area contributed by atoms with Crippen LogP contribution in [0.5, 0.6) is 0 Å². The van der Waals surface area contributed by atoms with Gasteiger partial charge in [-0.15, -0.1) is 0 Å². The number of aromatic nitrogens is 3. The van der Waals surface area contributed by atoms with Gasteiger partial charge in [-0.05, 0) is 0 Å². The molecule has 2 rings (SSSR count). The highest BCUT2D eigenvalue weighted by atomic mass is 16.3. The second-order valence-electron chi connectivity index (χ2n) is 5.51. The summed E-state index contributed by atoms with van der Waals surface area (Å²) in [5, 5.41) is 0. The van der Waals surface area contributed by atoms with Crippen molar-refractivity contribution in [1.29, 1.82) is 0 Å². The van der Waals surface area contributed by atoms with Gasteiger partial charge in [0, 0.05) is 24.1 Å². The maximum absolute atomic E-state index is 5.30. The summed E-state index contributed by atoms with van der Waals surface area (Å²) in [4.78, 5) is 8.38. The number of hydrogen-bond acceptors (Lipinski definition) is 3. The molecule has 2 heterocycles. The number of nitrogens with zero attached hydrogens (tertiary/aromatic N) is 3. The van der Waals surface area contributed by atoms with Gasteiger partial charge in [-0.25, -0.2) is 9.97 Å². The molecule has 2 aromatic rings. The highest BCUT2D eigenvalue weighted by Gasteiger charge is 2.17. The average molecular weight is 233 g/mol. The molecule has 0 aromatic carbocycles. The molecule has 1 unspecified atom stereocenters. The zero-order valence-electron chi connectivity index (χ0n) is 10.8. The summed E-state index contributed by atoms with van der Waals surface area (Å²) in [6, 6.07) is 0. The average Bonchev–Trinajstić information content (AvgIpc) is 2.85. The Bertz CT molecular complexity index is 465. The summed E-state index contributed by atoms with van der Waals surface area (Å²) in [6.45, 7) is 9.48. The Hall–Kier alpha value is -1.58. The highest BCUT2D eigenvalue weighted by molar-refractivity contribution is 5.09. The number of hydrogen-bond donors (Lipinski definition) is 0. The molecule has 0 spiro atoms. The molecule has 2 aromatic heterocycles. The van der Waals surface area contributed by atoms with E-state index in [0.29, 0.717) is 5.92 Å². The summed E-state index contributed by atoms with van der Waals surface area (Å²) < 4.78 is 7.40. The maximum atomic E-state index is 5.30. The maximum Gasteiger partial charge on any atom is 0.180 e. The summed E-state index contributed by atoms with van der Waals surface area (Å²) in [5.41, 5.74) is 1.21. The predicted octanol–water partition coefficient (Wildman–Crippen LogP) is 2.97. The van der Waals surface area contributed by atoms with Crippen LogP contribution in [0.25, 0.3) is 0 Å². The Morgan fingerprint density at radius 3 is 2.71 bits per heavy atom. The molecule has 0 aliphatic rings. The van der Waals surface area contributed by atoms with Crippen LogP contribution in [0, 0.1) is 0 Å². The zero-order valence-corrected chi connectivity index (χ0v) is 10.8. The van der Waals surface area contributed by atoms with Crippen molar-refractivity contribution in [3.63, 3.8) is 0 Å². The van der Waals surface area contributed by atoms with E-state index < -0.39 is 0 Å². The molecule has 0 amide bonds. The minimum absolute atomic E-state index is 0.0979. The lowest BCUT2D eigenvalue weighted by Crippen LogP contribution is -2.11. The lowest BCUT2D eigenvalue weighted by Gasteiger charge is -2.14. The van der Waals surface area contributed by atoms with Crippen LogP contribution >= 0.6 is 0 Å². The summed E-state index contributed by atoms with van der Waals surface area (Å²) in [6.07, 6.45) is 7.23. The first-order valence-corrected chi connectivity index (χ1v) is 5.87. The van der Waals surface area contributed by atoms with Crippen molar-refractivity contribution >= 4 is 0 Å². The lowest BCUT2D eigenvalue weighted by atomic mass is 9.93. The Kier molecular flexibility index (Phi) is 3.05. The van der Waals surface area contributed by atoms with Gasteiger partial charge < -0.3 is 8.98 Å². The molecule has 4 nitrogen and oxygen atoms in total. The molecular formula is C13H19N3O. The summed E-state index contributed by atoms with van der Waals surface area (Å²) >= 11 is 0. The van der Waals surface area contributed by atoms with E-state index >= 15 is 0 Å². The fourth-order valence-electron chi connectivity index (χ4n) is 1.72. The predicted molar refractivity (Wildman–Crippen MR) is 65.8 cm³/mol. The molecule has 0 aliphatic carbocycles. The van der Waals surface area contributed by atoms with E-state index in [1.807, 2.05) is 6.33 Å². The van der Waals surface area contributed by atoms with Gasteiger partial charge in [-0.3, -0.25) is 0 Å². The standard InChI is InChI=1S/C13H19N3O/c1-10(11-5-14-9-17-11)6-16-7-12(15-8-16)13(2,3)4/h5,7-10H,6H2,1-4H3. The van der Waals surface area contributed by atoms with E-state index in [4.69, 9.17) is 4.42 Å². The third-order valence-electron chi connectivity index (χ3n) is 2.82. The second kappa shape index (κ2) is 4.35. The van der Waals surface area contributed by atoms with Gasteiger partial charge in [-0.2, -0.15) is 0 Å². The summed E-state index contributed by atoms with van der Waals surface area (Å²) in [7, 11) is 0. The van der Waals surface area contributed by atoms with Crippen molar-refractivity contribution in [2.24, 2.45) is 0 Å². The fraction of sp³-hybridized carbons (Fsp3) is 0.538. The molecule has 0 radical (unpaired) electrons. The third kappa shape index (κ3) is 2.75. The lowest BCUT2D eigenvalue weighted by molar-refractivity contribution is 0.442. The molecular weight excluding hydrogens is 214 g/mol. The van der Waals surface area contributed by atoms with Gasteiger partial charge in [0.15, 0.2) is 6.39 Å². The van der Waals surface area contributed by atoms with Gasteiger partial charge in [0.1, 0.15) is 5.76 Å². The third-order valence-corrected chi connectivity index (χ3v) is 2.82. The van der Waals surface area contributed by atoms with Crippen molar-refractivity contribution in [2.75, 3.05) is 0 Å². The molecule has 4 heteroatoms. The minimum atomic E-state index is 0.0979. The molecule has 0 aliphatic heterocycles. The number of imidazole rings is 1. The Balaban J connectivity index is 2.07. The SMILES string of the molecule is CC(Cn1cnc(C(C)(C)C)c1)c1cnco1. The topological polar surface area (TPSA) is 43.9 Å². The smallest absolute Gasteiger partial charge is 0.180 e. The Labute approximate surface area is 102 Å². The van der Waals surface area contributed by atoms with Crippen LogP contribution < -0.4 is 0 Å². The Morgan fingerprint density at radius 2 is 2.18 bits per heavy atom. The molecule has 0 bridgehead atoms. The molecule has 1 atom stereocenters. The van der Waals surface area contributed by atoms with E-state index in [1.54, 1.807) is 6.20 Å². The normalized spacial score (nSPS) is 13.9. The molecule has 17 heavy (non-hydrogen) atoms. The van der Waals surface area contributed by atoms with Crippen LogP contribution in [0.3, 0.4) is 0 Å². The van der Waals surface area contributed by atoms with Crippen molar-refractivity contribution in [2.45, 2.75) is 45.6 Å². The van der Waals surface area contributed by atoms with Crippen LogP contribution in [0.1, 0.15) is 45.1 Å². The van der Waals surface area contributed by atoms with Crippen molar-refractivity contribution in [3.8, 4) is 0 Å². The van der Waals surface area contributed by atoms with Crippen LogP contribution in [-0.2, 0) is 12.0 Å². The van der Waals surface area contributed by atoms with E-state index in [1.165, 1.54) is 6.39 Å². The quantitative estimate of drug-likeness (QED) is 0.818. The van der Waals surface area contributed by atoms with Crippen LogP contribution in [0.4, 0.5) is 0 Å². The minimum Gasteiger partial charge on any atom is -0.448 e. The van der Waals surface area contributed by atoms with Crippen molar-refractivity contribution in [1.82, 2.24) is 14.5 Å². The molecule has 92 valence electrons. The van der Waals surface area contributed by atoms with Gasteiger partial charge in [-0.1, -0.05) is 27.7 Å². The molecule has 0 saturated heterocycles. The van der Waals surface area contributed by atoms with Crippen molar-refractivity contribution < 1.29 is 4.42 Å². The van der Waals surface area contributed by atoms with E-state index in [0.717, 1.165) is 18.0 Å². The summed E-state index contributed by atoms with van der Waals surface area (Å²) in [5.74, 6) is 1.22. The van der Waals surface area contributed by atoms with Crippen LogP contribution in [0.2, 0.25) is 0 Å². The van der Waals surface area contributed by atoms with Gasteiger partial charge in [0.25, 0.3) is 0 Å². The van der Waals surface area contributed by atoms with Crippen LogP contribution in [0.15, 0.2) is 29.5 Å². The second-order valence-corrected chi connectivity index (χ2v) is 5.51. The Morgan fingerprint density at radius 1 is 1.41 bits per heavy atom. The van der Waals surface area contributed by atoms with E-state index in [2.05, 4.69) is 48.4 Å². The van der Waals surface area contributed by atoms with Crippen LogP contribution in [-0.4, -0.2) is 14.5 Å². The van der Waals surface area contributed by atoms with Gasteiger partial charge in [0.05, 0.1) is 18.2 Å². The number of rotatable bonds is 3. The fourth-order valence-corrected chi connectivity index (χ4v) is 1.72. The molecule has 0 N–H and O–H groups in total. The largest absolute Gasteiger partial charge is 0.448 e.